The van der Waals surface area contributed by atoms with E-state index in [0.29, 0.717) is 6.04 Å². The number of hydrogen-bond acceptors (Lipinski definition) is 3. The molecular weight excluding hydrogens is 202 g/mol. The van der Waals surface area contributed by atoms with Gasteiger partial charge in [-0.15, -0.1) is 0 Å². The quantitative estimate of drug-likeness (QED) is 0.807. The van der Waals surface area contributed by atoms with E-state index in [1.807, 2.05) is 12.4 Å². The number of aliphatic hydroxyl groups is 1. The van der Waals surface area contributed by atoms with Crippen molar-refractivity contribution >= 4 is 0 Å². The molecule has 90 valence electrons. The Kier molecular flexibility index (Phi) is 3.30. The number of aryl methyl sites for hydroxylation is 1. The second-order valence-corrected chi connectivity index (χ2v) is 4.92. The lowest BCUT2D eigenvalue weighted by atomic mass is 10.0. The lowest BCUT2D eigenvalue weighted by Crippen LogP contribution is -2.40. The Bertz CT molecular complexity index is 350. The lowest BCUT2D eigenvalue weighted by Gasteiger charge is -2.21. The number of aromatic nitrogens is 2. The molecule has 1 saturated carbocycles. The van der Waals surface area contributed by atoms with Crippen LogP contribution in [0.2, 0.25) is 0 Å². The van der Waals surface area contributed by atoms with E-state index in [0.717, 1.165) is 37.9 Å². The van der Waals surface area contributed by atoms with Gasteiger partial charge in [-0.3, -0.25) is 0 Å². The molecule has 1 aliphatic rings. The smallest absolute Gasteiger partial charge is 0.108 e. The van der Waals surface area contributed by atoms with Crippen LogP contribution in [0.5, 0.6) is 0 Å². The van der Waals surface area contributed by atoms with Gasteiger partial charge in [-0.25, -0.2) is 4.98 Å². The SMILES string of the molecule is CCCc1nccn1C1CCC(N)(CO)C1. The van der Waals surface area contributed by atoms with Crippen molar-refractivity contribution in [1.82, 2.24) is 9.55 Å². The number of rotatable bonds is 4. The second kappa shape index (κ2) is 4.55. The molecule has 0 spiro atoms. The summed E-state index contributed by atoms with van der Waals surface area (Å²) >= 11 is 0. The first-order valence-corrected chi connectivity index (χ1v) is 6.10. The van der Waals surface area contributed by atoms with E-state index in [9.17, 15) is 5.11 Å². The highest BCUT2D eigenvalue weighted by molar-refractivity contribution is 5.02. The van der Waals surface area contributed by atoms with Gasteiger partial charge in [0, 0.05) is 30.4 Å². The van der Waals surface area contributed by atoms with Crippen molar-refractivity contribution in [2.45, 2.75) is 50.6 Å². The molecule has 4 heteroatoms. The van der Waals surface area contributed by atoms with Gasteiger partial charge in [0.15, 0.2) is 0 Å². The zero-order chi connectivity index (χ0) is 11.6. The summed E-state index contributed by atoms with van der Waals surface area (Å²) in [5, 5.41) is 9.26. The van der Waals surface area contributed by atoms with Crippen molar-refractivity contribution in [3.8, 4) is 0 Å². The Hall–Kier alpha value is -0.870. The third kappa shape index (κ3) is 2.13. The van der Waals surface area contributed by atoms with Crippen LogP contribution in [0.3, 0.4) is 0 Å². The van der Waals surface area contributed by atoms with Crippen LogP contribution in [0.25, 0.3) is 0 Å². The normalized spacial score (nSPS) is 29.8. The second-order valence-electron chi connectivity index (χ2n) is 4.92. The van der Waals surface area contributed by atoms with E-state index >= 15 is 0 Å². The van der Waals surface area contributed by atoms with Gasteiger partial charge < -0.3 is 15.4 Å². The molecular formula is C12H21N3O. The summed E-state index contributed by atoms with van der Waals surface area (Å²) in [5.41, 5.74) is 5.72. The minimum absolute atomic E-state index is 0.0846. The van der Waals surface area contributed by atoms with Crippen LogP contribution in [0.1, 0.15) is 44.5 Å². The summed E-state index contributed by atoms with van der Waals surface area (Å²) in [6, 6.07) is 0.418. The van der Waals surface area contributed by atoms with E-state index < -0.39 is 0 Å². The van der Waals surface area contributed by atoms with Gasteiger partial charge in [-0.2, -0.15) is 0 Å². The Morgan fingerprint density at radius 1 is 1.69 bits per heavy atom. The third-order valence-electron chi connectivity index (χ3n) is 3.55. The average Bonchev–Trinajstić information content (AvgIpc) is 2.86. The third-order valence-corrected chi connectivity index (χ3v) is 3.55. The minimum Gasteiger partial charge on any atom is -0.394 e. The number of imidazole rings is 1. The predicted molar refractivity (Wildman–Crippen MR) is 63.1 cm³/mol. The fraction of sp³-hybridized carbons (Fsp3) is 0.750. The number of aliphatic hydroxyl groups excluding tert-OH is 1. The van der Waals surface area contributed by atoms with Crippen LogP contribution in [-0.4, -0.2) is 26.8 Å². The summed E-state index contributed by atoms with van der Waals surface area (Å²) < 4.78 is 2.24. The van der Waals surface area contributed by atoms with E-state index in [1.165, 1.54) is 0 Å². The van der Waals surface area contributed by atoms with E-state index in [4.69, 9.17) is 5.73 Å². The maximum absolute atomic E-state index is 9.26. The highest BCUT2D eigenvalue weighted by Gasteiger charge is 2.36. The lowest BCUT2D eigenvalue weighted by molar-refractivity contribution is 0.195. The molecule has 3 N–H and O–H groups in total. The van der Waals surface area contributed by atoms with Crippen molar-refractivity contribution in [1.29, 1.82) is 0 Å². The van der Waals surface area contributed by atoms with Crippen molar-refractivity contribution in [3.05, 3.63) is 18.2 Å². The van der Waals surface area contributed by atoms with Crippen molar-refractivity contribution in [3.63, 3.8) is 0 Å². The summed E-state index contributed by atoms with van der Waals surface area (Å²) in [6.45, 7) is 2.25. The Morgan fingerprint density at radius 3 is 3.12 bits per heavy atom. The first-order valence-electron chi connectivity index (χ1n) is 6.10. The molecule has 1 aromatic rings. The van der Waals surface area contributed by atoms with Crippen molar-refractivity contribution < 1.29 is 5.11 Å². The number of nitrogens with two attached hydrogens (primary N) is 1. The standard InChI is InChI=1S/C12H21N3O/c1-2-3-11-14-6-7-15(11)10-4-5-12(13,8-10)9-16/h6-7,10,16H,2-5,8-9,13H2,1H3. The number of nitrogens with zero attached hydrogens (tertiary/aromatic N) is 2. The molecule has 2 unspecified atom stereocenters. The summed E-state index contributed by atoms with van der Waals surface area (Å²) in [5.74, 6) is 1.15. The van der Waals surface area contributed by atoms with E-state index in [2.05, 4.69) is 16.5 Å². The Morgan fingerprint density at radius 2 is 2.50 bits per heavy atom. The zero-order valence-corrected chi connectivity index (χ0v) is 9.89. The Labute approximate surface area is 96.5 Å². The van der Waals surface area contributed by atoms with Crippen LogP contribution < -0.4 is 5.73 Å². The first-order chi connectivity index (χ1) is 7.68. The van der Waals surface area contributed by atoms with Gasteiger partial charge in [0.1, 0.15) is 5.82 Å². The maximum atomic E-state index is 9.26. The molecule has 1 aromatic heterocycles. The average molecular weight is 223 g/mol. The molecule has 1 aliphatic carbocycles. The van der Waals surface area contributed by atoms with Gasteiger partial charge in [-0.05, 0) is 25.7 Å². The van der Waals surface area contributed by atoms with Crippen molar-refractivity contribution in [2.24, 2.45) is 5.73 Å². The predicted octanol–water partition coefficient (Wildman–Crippen LogP) is 1.25. The van der Waals surface area contributed by atoms with Gasteiger partial charge in [0.2, 0.25) is 0 Å². The van der Waals surface area contributed by atoms with E-state index in [1.54, 1.807) is 0 Å². The molecule has 0 amide bonds. The van der Waals surface area contributed by atoms with Crippen LogP contribution >= 0.6 is 0 Å². The summed E-state index contributed by atoms with van der Waals surface area (Å²) in [7, 11) is 0. The molecule has 4 nitrogen and oxygen atoms in total. The number of hydrogen-bond donors (Lipinski definition) is 2. The monoisotopic (exact) mass is 223 g/mol. The van der Waals surface area contributed by atoms with Gasteiger partial charge >= 0.3 is 0 Å². The fourth-order valence-corrected chi connectivity index (χ4v) is 2.60. The molecule has 1 heterocycles. The Balaban J connectivity index is 2.11. The molecule has 0 aliphatic heterocycles. The molecule has 0 bridgehead atoms. The highest BCUT2D eigenvalue weighted by Crippen LogP contribution is 2.36. The minimum atomic E-state index is -0.377. The van der Waals surface area contributed by atoms with Crippen LogP contribution in [0, 0.1) is 0 Å². The molecule has 1 fully saturated rings. The molecule has 16 heavy (non-hydrogen) atoms. The summed E-state index contributed by atoms with van der Waals surface area (Å²) in [6.07, 6.45) is 8.83. The van der Waals surface area contributed by atoms with Gasteiger partial charge in [0.05, 0.1) is 6.61 Å². The molecule has 0 radical (unpaired) electrons. The highest BCUT2D eigenvalue weighted by atomic mass is 16.3. The molecule has 0 saturated heterocycles. The van der Waals surface area contributed by atoms with Crippen LogP contribution in [0.4, 0.5) is 0 Å². The summed E-state index contributed by atoms with van der Waals surface area (Å²) in [4.78, 5) is 4.38. The van der Waals surface area contributed by atoms with Gasteiger partial charge in [0.25, 0.3) is 0 Å². The topological polar surface area (TPSA) is 64.1 Å². The maximum Gasteiger partial charge on any atom is 0.108 e. The van der Waals surface area contributed by atoms with E-state index in [-0.39, 0.29) is 12.1 Å². The van der Waals surface area contributed by atoms with Crippen molar-refractivity contribution in [2.75, 3.05) is 6.61 Å². The zero-order valence-electron chi connectivity index (χ0n) is 9.89. The first kappa shape index (κ1) is 11.6. The molecule has 2 atom stereocenters. The van der Waals surface area contributed by atoms with Gasteiger partial charge in [-0.1, -0.05) is 6.92 Å². The molecule has 0 aromatic carbocycles. The fourth-order valence-electron chi connectivity index (χ4n) is 2.60. The molecule has 2 rings (SSSR count). The largest absolute Gasteiger partial charge is 0.394 e. The van der Waals surface area contributed by atoms with Crippen LogP contribution in [-0.2, 0) is 6.42 Å². The van der Waals surface area contributed by atoms with Crippen LogP contribution in [0.15, 0.2) is 12.4 Å².